The van der Waals surface area contributed by atoms with E-state index < -0.39 is 10.0 Å². The average molecular weight is 359 g/mol. The number of hydrogen-bond donors (Lipinski definition) is 2. The van der Waals surface area contributed by atoms with Gasteiger partial charge in [-0.15, -0.1) is 0 Å². The van der Waals surface area contributed by atoms with Crippen LogP contribution in [0, 0.1) is 0 Å². The van der Waals surface area contributed by atoms with E-state index in [0.29, 0.717) is 11.3 Å². The van der Waals surface area contributed by atoms with Crippen molar-refractivity contribution in [1.29, 1.82) is 0 Å². The summed E-state index contributed by atoms with van der Waals surface area (Å²) in [7, 11) is -0.767. The molecule has 25 heavy (non-hydrogen) atoms. The van der Waals surface area contributed by atoms with Crippen molar-refractivity contribution >= 4 is 33.2 Å². The number of para-hydroxylation sites is 1. The largest absolute Gasteiger partial charge is 0.355 e. The third-order valence-corrected chi connectivity index (χ3v) is 5.44. The molecule has 0 aromatic heterocycles. The molecule has 0 bridgehead atoms. The van der Waals surface area contributed by atoms with Gasteiger partial charge in [0.25, 0.3) is 15.9 Å². The smallest absolute Gasteiger partial charge is 0.261 e. The SMILES string of the molecule is CNC(=O)c1ccccc1NS(=O)(=O)c1ccc2c(c1)CC(=O)N2C. The Balaban J connectivity index is 1.96. The maximum Gasteiger partial charge on any atom is 0.261 e. The summed E-state index contributed by atoms with van der Waals surface area (Å²) < 4.78 is 27.8. The van der Waals surface area contributed by atoms with Gasteiger partial charge in [0, 0.05) is 19.8 Å². The number of sulfonamides is 1. The summed E-state index contributed by atoms with van der Waals surface area (Å²) in [6.45, 7) is 0. The van der Waals surface area contributed by atoms with Crippen molar-refractivity contribution in [3.63, 3.8) is 0 Å². The molecule has 0 aliphatic carbocycles. The number of anilines is 2. The van der Waals surface area contributed by atoms with Crippen LogP contribution < -0.4 is 14.9 Å². The van der Waals surface area contributed by atoms with E-state index in [1.54, 1.807) is 25.2 Å². The highest BCUT2D eigenvalue weighted by molar-refractivity contribution is 7.92. The van der Waals surface area contributed by atoms with Gasteiger partial charge in [0.05, 0.1) is 22.6 Å². The lowest BCUT2D eigenvalue weighted by atomic mass is 10.2. The van der Waals surface area contributed by atoms with Crippen LogP contribution in [0.15, 0.2) is 47.4 Å². The Morgan fingerprint density at radius 2 is 1.88 bits per heavy atom. The lowest BCUT2D eigenvalue weighted by Gasteiger charge is -2.13. The van der Waals surface area contributed by atoms with Crippen LogP contribution in [-0.4, -0.2) is 34.3 Å². The first-order valence-corrected chi connectivity index (χ1v) is 9.05. The number of amides is 2. The normalized spacial score (nSPS) is 13.5. The molecule has 1 aliphatic rings. The van der Waals surface area contributed by atoms with Crippen molar-refractivity contribution in [2.75, 3.05) is 23.7 Å². The van der Waals surface area contributed by atoms with Gasteiger partial charge in [-0.2, -0.15) is 0 Å². The molecule has 0 spiro atoms. The van der Waals surface area contributed by atoms with Crippen LogP contribution in [-0.2, 0) is 21.2 Å². The van der Waals surface area contributed by atoms with Crippen LogP contribution >= 0.6 is 0 Å². The molecule has 1 heterocycles. The lowest BCUT2D eigenvalue weighted by molar-refractivity contribution is -0.117. The molecule has 0 fully saturated rings. The van der Waals surface area contributed by atoms with Crippen molar-refractivity contribution in [3.8, 4) is 0 Å². The number of hydrogen-bond acceptors (Lipinski definition) is 4. The molecule has 8 heteroatoms. The summed E-state index contributed by atoms with van der Waals surface area (Å²) in [5.41, 5.74) is 1.78. The molecule has 2 amide bonds. The molecule has 7 nitrogen and oxygen atoms in total. The Labute approximate surface area is 145 Å². The van der Waals surface area contributed by atoms with Crippen molar-refractivity contribution in [2.45, 2.75) is 11.3 Å². The lowest BCUT2D eigenvalue weighted by Crippen LogP contribution is -2.21. The third kappa shape index (κ3) is 3.08. The molecule has 0 saturated carbocycles. The van der Waals surface area contributed by atoms with Gasteiger partial charge in [-0.05, 0) is 35.9 Å². The van der Waals surface area contributed by atoms with Crippen molar-refractivity contribution in [1.82, 2.24) is 5.32 Å². The molecule has 0 saturated heterocycles. The first kappa shape index (κ1) is 17.0. The second-order valence-corrected chi connectivity index (χ2v) is 7.33. The van der Waals surface area contributed by atoms with E-state index in [2.05, 4.69) is 10.0 Å². The molecule has 3 rings (SSSR count). The van der Waals surface area contributed by atoms with E-state index in [4.69, 9.17) is 0 Å². The van der Waals surface area contributed by atoms with Gasteiger partial charge in [-0.25, -0.2) is 8.42 Å². The standard InChI is InChI=1S/C17H17N3O4S/c1-18-17(22)13-5-3-4-6-14(13)19-25(23,24)12-7-8-15-11(9-12)10-16(21)20(15)2/h3-9,19H,10H2,1-2H3,(H,18,22). The van der Waals surface area contributed by atoms with Crippen LogP contribution in [0.5, 0.6) is 0 Å². The first-order valence-electron chi connectivity index (χ1n) is 7.57. The van der Waals surface area contributed by atoms with E-state index in [-0.39, 0.29) is 34.4 Å². The number of nitrogens with zero attached hydrogens (tertiary/aromatic N) is 1. The van der Waals surface area contributed by atoms with Crippen LogP contribution in [0.1, 0.15) is 15.9 Å². The monoisotopic (exact) mass is 359 g/mol. The molecule has 2 aromatic carbocycles. The quantitative estimate of drug-likeness (QED) is 0.862. The Hall–Kier alpha value is -2.87. The fraction of sp³-hybridized carbons (Fsp3) is 0.176. The minimum absolute atomic E-state index is 0.0426. The highest BCUT2D eigenvalue weighted by atomic mass is 32.2. The Morgan fingerprint density at radius 3 is 2.60 bits per heavy atom. The topological polar surface area (TPSA) is 95.6 Å². The van der Waals surface area contributed by atoms with Crippen LogP contribution in [0.4, 0.5) is 11.4 Å². The highest BCUT2D eigenvalue weighted by Crippen LogP contribution is 2.30. The Bertz CT molecular complexity index is 970. The van der Waals surface area contributed by atoms with Crippen LogP contribution in [0.2, 0.25) is 0 Å². The van der Waals surface area contributed by atoms with Crippen molar-refractivity contribution < 1.29 is 18.0 Å². The fourth-order valence-electron chi connectivity index (χ4n) is 2.72. The summed E-state index contributed by atoms with van der Waals surface area (Å²) in [5, 5.41) is 2.47. The minimum Gasteiger partial charge on any atom is -0.355 e. The van der Waals surface area contributed by atoms with Crippen molar-refractivity contribution in [2.24, 2.45) is 0 Å². The number of rotatable bonds is 4. The molecule has 2 aromatic rings. The van der Waals surface area contributed by atoms with Gasteiger partial charge in [0.15, 0.2) is 0 Å². The summed E-state index contributed by atoms with van der Waals surface area (Å²) in [6, 6.07) is 10.9. The van der Waals surface area contributed by atoms with E-state index in [1.807, 2.05) is 0 Å². The number of fused-ring (bicyclic) bond motifs is 1. The van der Waals surface area contributed by atoms with Gasteiger partial charge in [-0.3, -0.25) is 14.3 Å². The first-order chi connectivity index (χ1) is 11.8. The second kappa shape index (κ2) is 6.21. The summed E-state index contributed by atoms with van der Waals surface area (Å²) in [6.07, 6.45) is 0.171. The zero-order valence-electron chi connectivity index (χ0n) is 13.7. The number of carbonyl (C=O) groups excluding carboxylic acids is 2. The molecular weight excluding hydrogens is 342 g/mol. The van der Waals surface area contributed by atoms with E-state index in [9.17, 15) is 18.0 Å². The van der Waals surface area contributed by atoms with Gasteiger partial charge >= 0.3 is 0 Å². The summed E-state index contributed by atoms with van der Waals surface area (Å²) in [4.78, 5) is 25.2. The predicted molar refractivity (Wildman–Crippen MR) is 94.2 cm³/mol. The number of likely N-dealkylation sites (N-methyl/N-ethyl adjacent to an activating group) is 1. The number of nitrogens with one attached hydrogen (secondary N) is 2. The molecule has 0 radical (unpaired) electrons. The van der Waals surface area contributed by atoms with Crippen LogP contribution in [0.3, 0.4) is 0 Å². The number of benzene rings is 2. The molecule has 130 valence electrons. The second-order valence-electron chi connectivity index (χ2n) is 5.65. The average Bonchev–Trinajstić information content (AvgIpc) is 2.88. The Morgan fingerprint density at radius 1 is 1.16 bits per heavy atom. The fourth-order valence-corrected chi connectivity index (χ4v) is 3.85. The highest BCUT2D eigenvalue weighted by Gasteiger charge is 2.26. The Kier molecular flexibility index (Phi) is 4.22. The maximum absolute atomic E-state index is 12.7. The zero-order chi connectivity index (χ0) is 18.2. The summed E-state index contributed by atoms with van der Waals surface area (Å²) in [5.74, 6) is -0.470. The molecule has 1 aliphatic heterocycles. The van der Waals surface area contributed by atoms with Gasteiger partial charge in [0.1, 0.15) is 0 Å². The molecular formula is C17H17N3O4S. The van der Waals surface area contributed by atoms with Gasteiger partial charge in [-0.1, -0.05) is 12.1 Å². The number of carbonyl (C=O) groups is 2. The predicted octanol–water partition coefficient (Wildman–Crippen LogP) is 1.37. The molecule has 2 N–H and O–H groups in total. The van der Waals surface area contributed by atoms with Gasteiger partial charge < -0.3 is 10.2 Å². The summed E-state index contributed by atoms with van der Waals surface area (Å²) >= 11 is 0. The molecule has 0 atom stereocenters. The van der Waals surface area contributed by atoms with Crippen LogP contribution in [0.25, 0.3) is 0 Å². The zero-order valence-corrected chi connectivity index (χ0v) is 14.6. The van der Waals surface area contributed by atoms with Crippen molar-refractivity contribution in [3.05, 3.63) is 53.6 Å². The minimum atomic E-state index is -3.89. The van der Waals surface area contributed by atoms with E-state index >= 15 is 0 Å². The van der Waals surface area contributed by atoms with E-state index in [1.165, 1.54) is 36.2 Å². The maximum atomic E-state index is 12.7. The molecule has 0 unspecified atom stereocenters. The van der Waals surface area contributed by atoms with E-state index in [0.717, 1.165) is 0 Å². The van der Waals surface area contributed by atoms with Gasteiger partial charge in [0.2, 0.25) is 5.91 Å². The third-order valence-electron chi connectivity index (χ3n) is 4.08.